The number of piperazine rings is 1. The number of nitrogens with zero attached hydrogens (tertiary/aromatic N) is 1. The zero-order valence-corrected chi connectivity index (χ0v) is 10.1. The van der Waals surface area contributed by atoms with Crippen LogP contribution in [0.5, 0.6) is 0 Å². The van der Waals surface area contributed by atoms with E-state index in [1.54, 1.807) is 0 Å². The van der Waals surface area contributed by atoms with Crippen LogP contribution in [0.2, 0.25) is 0 Å². The maximum absolute atomic E-state index is 12.2. The zero-order chi connectivity index (χ0) is 11.1. The third-order valence-electron chi connectivity index (χ3n) is 3.31. The van der Waals surface area contributed by atoms with E-state index in [2.05, 4.69) is 24.1 Å². The molecule has 1 aliphatic rings. The molecule has 0 aliphatic carbocycles. The van der Waals surface area contributed by atoms with Crippen LogP contribution in [-0.4, -0.2) is 43.3 Å². The molecule has 0 aromatic rings. The minimum absolute atomic E-state index is 0.181. The Morgan fingerprint density at radius 2 is 2.20 bits per heavy atom. The number of rotatable bonds is 6. The summed E-state index contributed by atoms with van der Waals surface area (Å²) in [5, 5.41) is 3.57. The molecule has 1 aliphatic heterocycles. The first kappa shape index (κ1) is 12.9. The fourth-order valence-electron chi connectivity index (χ4n) is 2.36. The fourth-order valence-corrected chi connectivity index (χ4v) is 2.36. The van der Waals surface area contributed by atoms with Crippen molar-refractivity contribution in [1.82, 2.24) is 10.2 Å². The largest absolute Gasteiger partial charge is 0.311 e. The molecule has 1 N–H and O–H groups in total. The Bertz CT molecular complexity index is 164. The van der Waals surface area contributed by atoms with E-state index >= 15 is 0 Å². The van der Waals surface area contributed by atoms with Crippen LogP contribution in [0.25, 0.3) is 0 Å². The van der Waals surface area contributed by atoms with Gasteiger partial charge < -0.3 is 5.32 Å². The second kappa shape index (κ2) is 7.18. The molecule has 2 nitrogen and oxygen atoms in total. The van der Waals surface area contributed by atoms with Crippen LogP contribution in [0.3, 0.4) is 0 Å². The monoisotopic (exact) mass is 216 g/mol. The number of hydrogen-bond acceptors (Lipinski definition) is 2. The molecule has 1 fully saturated rings. The minimum Gasteiger partial charge on any atom is -0.311 e. The van der Waals surface area contributed by atoms with Crippen molar-refractivity contribution in [2.75, 3.05) is 26.3 Å². The van der Waals surface area contributed by atoms with Crippen LogP contribution in [0.1, 0.15) is 39.5 Å². The molecule has 0 radical (unpaired) electrons. The third-order valence-corrected chi connectivity index (χ3v) is 3.31. The van der Waals surface area contributed by atoms with Crippen molar-refractivity contribution in [3.63, 3.8) is 0 Å². The van der Waals surface area contributed by atoms with Gasteiger partial charge in [0.2, 0.25) is 0 Å². The van der Waals surface area contributed by atoms with Crippen molar-refractivity contribution in [3.05, 3.63) is 0 Å². The van der Waals surface area contributed by atoms with Crippen LogP contribution < -0.4 is 5.32 Å². The maximum Gasteiger partial charge on any atom is 0.0906 e. The van der Waals surface area contributed by atoms with Gasteiger partial charge in [0.1, 0.15) is 0 Å². The van der Waals surface area contributed by atoms with Crippen LogP contribution in [0, 0.1) is 0 Å². The molecule has 2 unspecified atom stereocenters. The lowest BCUT2D eigenvalue weighted by atomic mass is 10.0. The second-order valence-corrected chi connectivity index (χ2v) is 4.49. The number of hydrogen-bond donors (Lipinski definition) is 1. The summed E-state index contributed by atoms with van der Waals surface area (Å²) < 4.78 is 12.2. The average Bonchev–Trinajstić information content (AvgIpc) is 2.28. The highest BCUT2D eigenvalue weighted by molar-refractivity contribution is 4.85. The first-order chi connectivity index (χ1) is 7.31. The van der Waals surface area contributed by atoms with Crippen molar-refractivity contribution in [2.45, 2.75) is 51.6 Å². The van der Waals surface area contributed by atoms with E-state index in [-0.39, 0.29) is 6.67 Å². The normalized spacial score (nSPS) is 28.2. The van der Waals surface area contributed by atoms with Crippen molar-refractivity contribution in [1.29, 1.82) is 0 Å². The first-order valence-corrected chi connectivity index (χ1v) is 6.35. The molecule has 0 aromatic heterocycles. The SMILES string of the molecule is CCCC1CNC(CC)CN1CCCF. The molecule has 3 heteroatoms. The molecule has 1 saturated heterocycles. The lowest BCUT2D eigenvalue weighted by Crippen LogP contribution is -2.56. The molecule has 0 saturated carbocycles. The van der Waals surface area contributed by atoms with Gasteiger partial charge in [-0.1, -0.05) is 20.3 Å². The lowest BCUT2D eigenvalue weighted by molar-refractivity contribution is 0.117. The molecule has 0 amide bonds. The van der Waals surface area contributed by atoms with E-state index in [9.17, 15) is 4.39 Å². The summed E-state index contributed by atoms with van der Waals surface area (Å²) in [7, 11) is 0. The van der Waals surface area contributed by atoms with E-state index < -0.39 is 0 Å². The summed E-state index contributed by atoms with van der Waals surface area (Å²) in [6, 6.07) is 1.24. The molecule has 90 valence electrons. The zero-order valence-electron chi connectivity index (χ0n) is 10.1. The lowest BCUT2D eigenvalue weighted by Gasteiger charge is -2.40. The predicted octanol–water partition coefficient (Wildman–Crippen LogP) is 2.20. The summed E-state index contributed by atoms with van der Waals surface area (Å²) >= 11 is 0. The Kier molecular flexibility index (Phi) is 6.18. The quantitative estimate of drug-likeness (QED) is 0.732. The van der Waals surface area contributed by atoms with Gasteiger partial charge in [0.15, 0.2) is 0 Å². The van der Waals surface area contributed by atoms with Gasteiger partial charge in [0, 0.05) is 31.7 Å². The van der Waals surface area contributed by atoms with E-state index in [1.807, 2.05) is 0 Å². The van der Waals surface area contributed by atoms with Gasteiger partial charge in [-0.05, 0) is 19.3 Å². The second-order valence-electron chi connectivity index (χ2n) is 4.49. The van der Waals surface area contributed by atoms with Crippen molar-refractivity contribution in [3.8, 4) is 0 Å². The highest BCUT2D eigenvalue weighted by Gasteiger charge is 2.25. The van der Waals surface area contributed by atoms with Gasteiger partial charge in [-0.15, -0.1) is 0 Å². The number of halogens is 1. The molecule has 2 atom stereocenters. The van der Waals surface area contributed by atoms with Crippen LogP contribution in [0.15, 0.2) is 0 Å². The molecule has 1 rings (SSSR count). The van der Waals surface area contributed by atoms with Crippen LogP contribution in [-0.2, 0) is 0 Å². The Balaban J connectivity index is 2.40. The molecule has 1 heterocycles. The Morgan fingerprint density at radius 3 is 2.80 bits per heavy atom. The summed E-state index contributed by atoms with van der Waals surface area (Å²) in [5.41, 5.74) is 0. The van der Waals surface area contributed by atoms with E-state index in [0.717, 1.165) is 19.6 Å². The first-order valence-electron chi connectivity index (χ1n) is 6.35. The summed E-state index contributed by atoms with van der Waals surface area (Å²) in [4.78, 5) is 2.48. The third kappa shape index (κ3) is 4.07. The maximum atomic E-state index is 12.2. The van der Waals surface area contributed by atoms with Gasteiger partial charge in [-0.25, -0.2) is 0 Å². The number of alkyl halides is 1. The van der Waals surface area contributed by atoms with Gasteiger partial charge in [0.25, 0.3) is 0 Å². The van der Waals surface area contributed by atoms with Gasteiger partial charge in [-0.2, -0.15) is 0 Å². The van der Waals surface area contributed by atoms with E-state index in [4.69, 9.17) is 0 Å². The van der Waals surface area contributed by atoms with Gasteiger partial charge >= 0.3 is 0 Å². The van der Waals surface area contributed by atoms with Crippen LogP contribution >= 0.6 is 0 Å². The number of nitrogens with one attached hydrogen (secondary N) is 1. The molecule has 0 spiro atoms. The smallest absolute Gasteiger partial charge is 0.0906 e. The summed E-state index contributed by atoms with van der Waals surface area (Å²) in [5.74, 6) is 0. The standard InChI is InChI=1S/C12H25FN2/c1-3-6-12-9-14-11(4-2)10-15(12)8-5-7-13/h11-12,14H,3-10H2,1-2H3. The Labute approximate surface area is 93.2 Å². The topological polar surface area (TPSA) is 15.3 Å². The van der Waals surface area contributed by atoms with Crippen molar-refractivity contribution < 1.29 is 4.39 Å². The fraction of sp³-hybridized carbons (Fsp3) is 1.00. The van der Waals surface area contributed by atoms with Crippen LogP contribution in [0.4, 0.5) is 4.39 Å². The summed E-state index contributed by atoms with van der Waals surface area (Å²) in [6.45, 7) is 7.36. The minimum atomic E-state index is -0.181. The summed E-state index contributed by atoms with van der Waals surface area (Å²) in [6.07, 6.45) is 4.31. The van der Waals surface area contributed by atoms with Crippen molar-refractivity contribution >= 4 is 0 Å². The van der Waals surface area contributed by atoms with E-state index in [1.165, 1.54) is 19.3 Å². The van der Waals surface area contributed by atoms with Gasteiger partial charge in [-0.3, -0.25) is 9.29 Å². The van der Waals surface area contributed by atoms with Crippen molar-refractivity contribution in [2.24, 2.45) is 0 Å². The molecule has 0 aromatic carbocycles. The molecule has 0 bridgehead atoms. The Hall–Kier alpha value is -0.150. The Morgan fingerprint density at radius 1 is 1.40 bits per heavy atom. The highest BCUT2D eigenvalue weighted by atomic mass is 19.1. The van der Waals surface area contributed by atoms with Gasteiger partial charge in [0.05, 0.1) is 6.67 Å². The molecular formula is C12H25FN2. The predicted molar refractivity (Wildman–Crippen MR) is 62.9 cm³/mol. The van der Waals surface area contributed by atoms with E-state index in [0.29, 0.717) is 18.5 Å². The molecule has 15 heavy (non-hydrogen) atoms. The highest BCUT2D eigenvalue weighted by Crippen LogP contribution is 2.14. The average molecular weight is 216 g/mol. The molecular weight excluding hydrogens is 191 g/mol.